The van der Waals surface area contributed by atoms with Crippen molar-refractivity contribution in [3.05, 3.63) is 35.5 Å². The summed E-state index contributed by atoms with van der Waals surface area (Å²) < 4.78 is 4.75. The Hall–Kier alpha value is -2.28. The molecule has 7 heteroatoms. The van der Waals surface area contributed by atoms with E-state index < -0.39 is 12.0 Å². The highest BCUT2D eigenvalue weighted by atomic mass is 32.1. The lowest BCUT2D eigenvalue weighted by molar-refractivity contribution is -0.145. The zero-order valence-electron chi connectivity index (χ0n) is 14.0. The summed E-state index contributed by atoms with van der Waals surface area (Å²) in [6.45, 7) is 3.98. The van der Waals surface area contributed by atoms with Gasteiger partial charge in [0.05, 0.1) is 24.9 Å². The Balaban J connectivity index is 1.99. The van der Waals surface area contributed by atoms with Crippen molar-refractivity contribution in [3.63, 3.8) is 0 Å². The monoisotopic (exact) mass is 347 g/mol. The predicted molar refractivity (Wildman–Crippen MR) is 92.5 cm³/mol. The number of rotatable bonds is 7. The summed E-state index contributed by atoms with van der Waals surface area (Å²) in [7, 11) is 1.32. The van der Waals surface area contributed by atoms with Gasteiger partial charge in [-0.2, -0.15) is 0 Å². The van der Waals surface area contributed by atoms with E-state index in [1.54, 1.807) is 6.20 Å². The maximum Gasteiger partial charge on any atom is 0.328 e. The number of nitrogens with one attached hydrogen (secondary N) is 1. The number of pyridine rings is 1. The third-order valence-corrected chi connectivity index (χ3v) is 4.22. The van der Waals surface area contributed by atoms with Crippen molar-refractivity contribution in [1.29, 1.82) is 0 Å². The first-order valence-corrected chi connectivity index (χ1v) is 8.60. The zero-order valence-corrected chi connectivity index (χ0v) is 14.8. The number of aromatic nitrogens is 2. The van der Waals surface area contributed by atoms with E-state index in [1.807, 2.05) is 37.4 Å². The molecule has 2 aromatic rings. The molecule has 0 aromatic carbocycles. The van der Waals surface area contributed by atoms with Gasteiger partial charge in [0, 0.05) is 11.6 Å². The van der Waals surface area contributed by atoms with E-state index in [0.717, 1.165) is 10.7 Å². The smallest absolute Gasteiger partial charge is 0.328 e. The highest BCUT2D eigenvalue weighted by molar-refractivity contribution is 7.13. The fourth-order valence-electron chi connectivity index (χ4n) is 2.23. The molecule has 0 saturated carbocycles. The Morgan fingerprint density at radius 1 is 1.33 bits per heavy atom. The molecule has 1 N–H and O–H groups in total. The summed E-state index contributed by atoms with van der Waals surface area (Å²) in [6.07, 6.45) is 2.36. The fourth-order valence-corrected chi connectivity index (χ4v) is 3.03. The quantitative estimate of drug-likeness (QED) is 0.778. The molecule has 0 bridgehead atoms. The second-order valence-corrected chi connectivity index (χ2v) is 6.67. The van der Waals surface area contributed by atoms with Crippen LogP contribution in [0.2, 0.25) is 0 Å². The number of ether oxygens (including phenoxy) is 1. The Bertz CT molecular complexity index is 685. The van der Waals surface area contributed by atoms with Gasteiger partial charge in [0.2, 0.25) is 5.91 Å². The molecule has 1 amide bonds. The molecule has 24 heavy (non-hydrogen) atoms. The summed E-state index contributed by atoms with van der Waals surface area (Å²) >= 11 is 1.44. The third-order valence-electron chi connectivity index (χ3n) is 3.31. The van der Waals surface area contributed by atoms with Gasteiger partial charge in [-0.1, -0.05) is 19.9 Å². The number of hydrogen-bond donors (Lipinski definition) is 1. The summed E-state index contributed by atoms with van der Waals surface area (Å²) in [6, 6.07) is 4.98. The zero-order chi connectivity index (χ0) is 17.5. The lowest BCUT2D eigenvalue weighted by Crippen LogP contribution is -2.43. The van der Waals surface area contributed by atoms with Gasteiger partial charge in [0.25, 0.3) is 0 Å². The molecule has 2 rings (SSSR count). The fraction of sp³-hybridized carbons (Fsp3) is 0.412. The molecule has 6 nitrogen and oxygen atoms in total. The predicted octanol–water partition coefficient (Wildman–Crippen LogP) is 2.45. The molecule has 0 saturated heterocycles. The molecular formula is C17H21N3O3S. The van der Waals surface area contributed by atoms with E-state index in [2.05, 4.69) is 15.3 Å². The summed E-state index contributed by atoms with van der Waals surface area (Å²) in [4.78, 5) is 32.6. The Kier molecular flexibility index (Phi) is 6.43. The van der Waals surface area contributed by atoms with Gasteiger partial charge in [0.1, 0.15) is 11.0 Å². The first-order valence-electron chi connectivity index (χ1n) is 7.72. The minimum atomic E-state index is -0.628. The van der Waals surface area contributed by atoms with Crippen molar-refractivity contribution in [2.75, 3.05) is 7.11 Å². The van der Waals surface area contributed by atoms with Gasteiger partial charge < -0.3 is 10.1 Å². The van der Waals surface area contributed by atoms with E-state index in [0.29, 0.717) is 12.1 Å². The standard InChI is InChI=1S/C17H21N3O3S/c1-11(2)8-14(17(22)23-3)20-15(21)9-12-10-24-16(19-12)13-6-4-5-7-18-13/h4-7,10-11,14H,8-9H2,1-3H3,(H,20,21). The van der Waals surface area contributed by atoms with Crippen LogP contribution in [0.25, 0.3) is 10.7 Å². The van der Waals surface area contributed by atoms with Crippen molar-refractivity contribution >= 4 is 23.2 Å². The summed E-state index contributed by atoms with van der Waals surface area (Å²) in [5.41, 5.74) is 1.44. The van der Waals surface area contributed by atoms with Crippen molar-refractivity contribution in [1.82, 2.24) is 15.3 Å². The number of hydrogen-bond acceptors (Lipinski definition) is 6. The van der Waals surface area contributed by atoms with Gasteiger partial charge in [-0.15, -0.1) is 11.3 Å². The van der Waals surface area contributed by atoms with E-state index >= 15 is 0 Å². The van der Waals surface area contributed by atoms with E-state index in [9.17, 15) is 9.59 Å². The highest BCUT2D eigenvalue weighted by Crippen LogP contribution is 2.21. The van der Waals surface area contributed by atoms with Gasteiger partial charge >= 0.3 is 5.97 Å². The molecule has 2 heterocycles. The molecule has 0 aliphatic rings. The molecule has 2 aromatic heterocycles. The molecule has 1 atom stereocenters. The van der Waals surface area contributed by atoms with Crippen LogP contribution in [0.3, 0.4) is 0 Å². The molecule has 0 radical (unpaired) electrons. The number of methoxy groups -OCH3 is 1. The van der Waals surface area contributed by atoms with Crippen molar-refractivity contribution in [3.8, 4) is 10.7 Å². The number of carbonyl (C=O) groups is 2. The van der Waals surface area contributed by atoms with Crippen LogP contribution < -0.4 is 5.32 Å². The van der Waals surface area contributed by atoms with Crippen LogP contribution in [0, 0.1) is 5.92 Å². The van der Waals surface area contributed by atoms with Crippen molar-refractivity contribution in [2.24, 2.45) is 5.92 Å². The number of nitrogens with zero attached hydrogens (tertiary/aromatic N) is 2. The molecule has 0 aliphatic carbocycles. The Morgan fingerprint density at radius 3 is 2.75 bits per heavy atom. The normalized spacial score (nSPS) is 12.0. The number of amides is 1. The average Bonchev–Trinajstić information content (AvgIpc) is 3.02. The second-order valence-electron chi connectivity index (χ2n) is 5.81. The molecule has 0 spiro atoms. The summed E-state index contributed by atoms with van der Waals surface area (Å²) in [5, 5.41) is 5.33. The van der Waals surface area contributed by atoms with E-state index in [1.165, 1.54) is 18.4 Å². The largest absolute Gasteiger partial charge is 0.467 e. The van der Waals surface area contributed by atoms with Gasteiger partial charge in [0.15, 0.2) is 0 Å². The minimum Gasteiger partial charge on any atom is -0.467 e. The topological polar surface area (TPSA) is 81.2 Å². The molecular weight excluding hydrogens is 326 g/mol. The van der Waals surface area contributed by atoms with Gasteiger partial charge in [-0.05, 0) is 24.5 Å². The van der Waals surface area contributed by atoms with Crippen LogP contribution in [0.4, 0.5) is 0 Å². The lowest BCUT2D eigenvalue weighted by Gasteiger charge is -2.18. The Morgan fingerprint density at radius 2 is 2.12 bits per heavy atom. The SMILES string of the molecule is COC(=O)C(CC(C)C)NC(=O)Cc1csc(-c2ccccn2)n1. The number of esters is 1. The van der Waals surface area contributed by atoms with E-state index in [-0.39, 0.29) is 18.2 Å². The minimum absolute atomic E-state index is 0.120. The Labute approximate surface area is 145 Å². The molecule has 0 fully saturated rings. The van der Waals surface area contributed by atoms with Crippen LogP contribution in [-0.2, 0) is 20.7 Å². The molecule has 0 aliphatic heterocycles. The number of carbonyl (C=O) groups excluding carboxylic acids is 2. The van der Waals surface area contributed by atoms with Gasteiger partial charge in [-0.3, -0.25) is 9.78 Å². The lowest BCUT2D eigenvalue weighted by atomic mass is 10.0. The van der Waals surface area contributed by atoms with Crippen molar-refractivity contribution < 1.29 is 14.3 Å². The first kappa shape index (κ1) is 18.1. The highest BCUT2D eigenvalue weighted by Gasteiger charge is 2.23. The van der Waals surface area contributed by atoms with Crippen LogP contribution in [-0.4, -0.2) is 35.0 Å². The van der Waals surface area contributed by atoms with Crippen molar-refractivity contribution in [2.45, 2.75) is 32.7 Å². The maximum absolute atomic E-state index is 12.2. The average molecular weight is 347 g/mol. The van der Waals surface area contributed by atoms with Crippen LogP contribution in [0.5, 0.6) is 0 Å². The van der Waals surface area contributed by atoms with Crippen LogP contribution in [0.15, 0.2) is 29.8 Å². The molecule has 1 unspecified atom stereocenters. The van der Waals surface area contributed by atoms with E-state index in [4.69, 9.17) is 4.74 Å². The molecule has 128 valence electrons. The first-order chi connectivity index (χ1) is 11.5. The van der Waals surface area contributed by atoms with Crippen LogP contribution in [0.1, 0.15) is 26.0 Å². The third kappa shape index (κ3) is 5.13. The van der Waals surface area contributed by atoms with Crippen LogP contribution >= 0.6 is 11.3 Å². The summed E-state index contributed by atoms with van der Waals surface area (Å²) in [5.74, 6) is -0.405. The second kappa shape index (κ2) is 8.54. The maximum atomic E-state index is 12.2. The van der Waals surface area contributed by atoms with Gasteiger partial charge in [-0.25, -0.2) is 9.78 Å². The number of thiazole rings is 1.